The van der Waals surface area contributed by atoms with Crippen molar-refractivity contribution in [3.8, 4) is 5.75 Å². The molecule has 0 fully saturated rings. The number of oxime groups is 1. The van der Waals surface area contributed by atoms with Gasteiger partial charge in [-0.25, -0.2) is 9.78 Å². The van der Waals surface area contributed by atoms with Crippen LogP contribution in [-0.2, 0) is 25.6 Å². The summed E-state index contributed by atoms with van der Waals surface area (Å²) in [5.74, 6) is -3.39. The van der Waals surface area contributed by atoms with E-state index in [1.54, 1.807) is 0 Å². The summed E-state index contributed by atoms with van der Waals surface area (Å²) < 4.78 is 5.59. The first-order chi connectivity index (χ1) is 16.9. The molecule has 1 aromatic carbocycles. The molecule has 0 bridgehead atoms. The van der Waals surface area contributed by atoms with Crippen LogP contribution in [0.15, 0.2) is 28.7 Å². The molecule has 7 N–H and O–H groups in total. The van der Waals surface area contributed by atoms with Crippen LogP contribution in [-0.4, -0.2) is 75.0 Å². The van der Waals surface area contributed by atoms with Crippen LogP contribution in [0.3, 0.4) is 0 Å². The summed E-state index contributed by atoms with van der Waals surface area (Å²) >= 11 is 1.05. The smallest absolute Gasteiger partial charge is 0.534 e. The van der Waals surface area contributed by atoms with Crippen LogP contribution in [0.5, 0.6) is 5.75 Å². The number of rotatable bonds is 9. The maximum absolute atomic E-state index is 13.2. The maximum Gasteiger partial charge on any atom is 0.547 e. The number of aliphatic hydroxyl groups is 1. The largest absolute Gasteiger partial charge is 0.547 e. The van der Waals surface area contributed by atoms with Crippen LogP contribution in [0, 0.1) is 6.92 Å². The lowest BCUT2D eigenvalue weighted by molar-refractivity contribution is -0.150. The molecule has 0 saturated carbocycles. The van der Waals surface area contributed by atoms with E-state index in [2.05, 4.69) is 20.8 Å². The Labute approximate surface area is 210 Å². The molecule has 3 rings (SSSR count). The maximum atomic E-state index is 13.2. The summed E-state index contributed by atoms with van der Waals surface area (Å²) in [5, 5.41) is 38.9. The van der Waals surface area contributed by atoms with Crippen LogP contribution in [0.4, 0.5) is 5.13 Å². The molecule has 0 saturated heterocycles. The number of anilines is 1. The highest BCUT2D eigenvalue weighted by atomic mass is 32.1. The zero-order chi connectivity index (χ0) is 26.6. The Morgan fingerprint density at radius 2 is 2.14 bits per heavy atom. The van der Waals surface area contributed by atoms with E-state index in [0.717, 1.165) is 22.5 Å². The minimum Gasteiger partial charge on any atom is -0.534 e. The van der Waals surface area contributed by atoms with E-state index in [-0.39, 0.29) is 23.0 Å². The summed E-state index contributed by atoms with van der Waals surface area (Å²) in [6.07, 6.45) is 0.281. The molecule has 13 nitrogen and oxygen atoms in total. The molecule has 0 radical (unpaired) electrons. The first-order valence-electron chi connectivity index (χ1n) is 10.8. The average Bonchev–Trinajstić information content (AvgIpc) is 3.24. The fourth-order valence-corrected chi connectivity index (χ4v) is 3.81. The second kappa shape index (κ2) is 10.9. The number of fused-ring (bicyclic) bond motifs is 1. The predicted octanol–water partition coefficient (Wildman–Crippen LogP) is -0.766. The van der Waals surface area contributed by atoms with Gasteiger partial charge in [-0.05, 0) is 38.3 Å². The molecule has 1 aliphatic rings. The number of nitrogens with one attached hydrogen (secondary N) is 2. The van der Waals surface area contributed by atoms with Crippen molar-refractivity contribution >= 4 is 47.1 Å². The number of hydrogen-bond donors (Lipinski definition) is 6. The van der Waals surface area contributed by atoms with Crippen molar-refractivity contribution in [1.29, 1.82) is 0 Å². The van der Waals surface area contributed by atoms with Gasteiger partial charge in [0, 0.05) is 5.38 Å². The Morgan fingerprint density at radius 3 is 2.75 bits per heavy atom. The van der Waals surface area contributed by atoms with Gasteiger partial charge in [-0.2, -0.15) is 0 Å². The van der Waals surface area contributed by atoms with Gasteiger partial charge < -0.3 is 41.1 Å². The van der Waals surface area contributed by atoms with Crippen molar-refractivity contribution in [1.82, 2.24) is 15.6 Å². The van der Waals surface area contributed by atoms with Crippen molar-refractivity contribution in [2.24, 2.45) is 5.16 Å². The number of aryl methyl sites for hydroxylation is 1. The number of aliphatic hydroxyl groups excluding tert-OH is 1. The number of amides is 2. The molecule has 2 aromatic rings. The number of nitrogens with two attached hydrogens (primary N) is 1. The van der Waals surface area contributed by atoms with Crippen molar-refractivity contribution in [2.45, 2.75) is 44.8 Å². The Kier molecular flexibility index (Phi) is 8.17. The fourth-order valence-electron chi connectivity index (χ4n) is 3.26. The molecule has 1 aromatic heterocycles. The molecule has 2 heterocycles. The zero-order valence-corrected chi connectivity index (χ0v) is 20.5. The van der Waals surface area contributed by atoms with E-state index in [1.807, 2.05) is 25.1 Å². The number of nitrogen functional groups attached to an aromatic ring is 1. The Bertz CT molecular complexity index is 1190. The number of carboxylic acid groups (broad SMARTS) is 1. The van der Waals surface area contributed by atoms with Gasteiger partial charge in [0.1, 0.15) is 17.5 Å². The quantitative estimate of drug-likeness (QED) is 0.139. The van der Waals surface area contributed by atoms with Gasteiger partial charge in [0.25, 0.3) is 11.8 Å². The number of carbonyl (C=O) groups excluding carboxylic acids is 2. The first-order valence-corrected chi connectivity index (χ1v) is 11.7. The van der Waals surface area contributed by atoms with Crippen molar-refractivity contribution < 1.29 is 39.1 Å². The molecule has 2 atom stereocenters. The van der Waals surface area contributed by atoms with Crippen molar-refractivity contribution in [3.63, 3.8) is 0 Å². The first kappa shape index (κ1) is 26.9. The van der Waals surface area contributed by atoms with E-state index >= 15 is 0 Å². The number of nitrogens with zero attached hydrogens (tertiary/aromatic N) is 2. The van der Waals surface area contributed by atoms with E-state index in [9.17, 15) is 19.4 Å². The molecular weight excluding hydrogens is 493 g/mol. The fraction of sp³-hybridized carbons (Fsp3) is 0.381. The lowest BCUT2D eigenvalue weighted by Gasteiger charge is -2.29. The minimum absolute atomic E-state index is 0.0624. The zero-order valence-electron chi connectivity index (χ0n) is 19.7. The SMILES string of the molecule is Cc1cccc2c1OB(O)[C@@H](NC(=O)/C(=N\OC(C)(C)C(=O)NC(CO)C(=O)O)c1csc(N)n1)C2. The van der Waals surface area contributed by atoms with Gasteiger partial charge in [0.15, 0.2) is 10.8 Å². The van der Waals surface area contributed by atoms with Crippen LogP contribution >= 0.6 is 11.3 Å². The summed E-state index contributed by atoms with van der Waals surface area (Å²) in [5.41, 5.74) is 5.33. The Balaban J connectivity index is 1.81. The predicted molar refractivity (Wildman–Crippen MR) is 130 cm³/mol. The van der Waals surface area contributed by atoms with Crippen LogP contribution in [0.1, 0.15) is 30.7 Å². The molecule has 2 amide bonds. The van der Waals surface area contributed by atoms with E-state index in [4.69, 9.17) is 25.4 Å². The topological polar surface area (TPSA) is 206 Å². The van der Waals surface area contributed by atoms with Gasteiger partial charge in [-0.1, -0.05) is 23.4 Å². The van der Waals surface area contributed by atoms with Gasteiger partial charge in [0.2, 0.25) is 5.60 Å². The minimum atomic E-state index is -1.74. The molecule has 1 aliphatic heterocycles. The van der Waals surface area contributed by atoms with Crippen LogP contribution < -0.4 is 21.0 Å². The lowest BCUT2D eigenvalue weighted by Crippen LogP contribution is -2.54. The summed E-state index contributed by atoms with van der Waals surface area (Å²) in [7, 11) is -1.33. The van der Waals surface area contributed by atoms with E-state index < -0.39 is 49.1 Å². The summed E-state index contributed by atoms with van der Waals surface area (Å²) in [6, 6.07) is 3.96. The molecule has 1 unspecified atom stereocenters. The van der Waals surface area contributed by atoms with E-state index in [0.29, 0.717) is 5.75 Å². The lowest BCUT2D eigenvalue weighted by atomic mass is 9.72. The molecule has 0 aliphatic carbocycles. The molecule has 192 valence electrons. The molecule has 15 heteroatoms. The molecule has 36 heavy (non-hydrogen) atoms. The Hall–Kier alpha value is -3.69. The third-order valence-electron chi connectivity index (χ3n) is 5.31. The number of aliphatic carboxylic acids is 1. The van der Waals surface area contributed by atoms with Gasteiger partial charge >= 0.3 is 13.1 Å². The van der Waals surface area contributed by atoms with Crippen molar-refractivity contribution in [3.05, 3.63) is 40.4 Å². The molecule has 0 spiro atoms. The number of benzene rings is 1. The second-order valence-electron chi connectivity index (χ2n) is 8.51. The summed E-state index contributed by atoms with van der Waals surface area (Å²) in [6.45, 7) is 3.60. The summed E-state index contributed by atoms with van der Waals surface area (Å²) in [4.78, 5) is 46.1. The van der Waals surface area contributed by atoms with Gasteiger partial charge in [-0.3, -0.25) is 9.59 Å². The normalized spacial score (nSPS) is 16.4. The second-order valence-corrected chi connectivity index (χ2v) is 9.40. The number of hydrogen-bond acceptors (Lipinski definition) is 11. The van der Waals surface area contributed by atoms with E-state index in [1.165, 1.54) is 19.2 Å². The number of carboxylic acids is 1. The van der Waals surface area contributed by atoms with Gasteiger partial charge in [-0.15, -0.1) is 11.3 Å². The monoisotopic (exact) mass is 519 g/mol. The van der Waals surface area contributed by atoms with Crippen LogP contribution in [0.2, 0.25) is 0 Å². The van der Waals surface area contributed by atoms with Crippen molar-refractivity contribution in [2.75, 3.05) is 12.3 Å². The number of aromatic nitrogens is 1. The standard InChI is InChI=1S/C21H26BN5O8S/c1-10-5-4-6-11-7-14(22(33)34-16(10)11)26-17(29)15(13-9-36-20(23)25-13)27-35-21(2,3)19(32)24-12(8-28)18(30)31/h4-6,9,12,14,28,33H,7-8H2,1-3H3,(H2,23,25)(H,24,32)(H,26,29)(H,30,31)/b27-15-/t12?,14-/m0/s1. The number of carbonyl (C=O) groups is 3. The average molecular weight is 519 g/mol. The molecular formula is C21H26BN5O8S. The Morgan fingerprint density at radius 1 is 1.42 bits per heavy atom. The number of thiazole rings is 1. The number of para-hydroxylation sites is 1. The van der Waals surface area contributed by atoms with Crippen LogP contribution in [0.25, 0.3) is 0 Å². The van der Waals surface area contributed by atoms with Gasteiger partial charge in [0.05, 0.1) is 12.5 Å². The third kappa shape index (κ3) is 6.11. The highest BCUT2D eigenvalue weighted by Gasteiger charge is 2.38. The third-order valence-corrected chi connectivity index (χ3v) is 5.98. The highest BCUT2D eigenvalue weighted by molar-refractivity contribution is 7.13. The highest BCUT2D eigenvalue weighted by Crippen LogP contribution is 2.29.